The van der Waals surface area contributed by atoms with E-state index >= 15 is 0 Å². The SMILES string of the molecule is Cc1c(-c2ccc(F)cn2)nn(CC2CC2)c1Nc1cc(I)ncn1. The molecule has 3 aromatic rings. The lowest BCUT2D eigenvalue weighted by atomic mass is 10.2. The zero-order valence-electron chi connectivity index (χ0n) is 13.6. The van der Waals surface area contributed by atoms with Gasteiger partial charge in [-0.05, 0) is 60.4 Å². The van der Waals surface area contributed by atoms with Gasteiger partial charge in [-0.2, -0.15) is 5.10 Å². The van der Waals surface area contributed by atoms with Crippen LogP contribution in [0, 0.1) is 22.4 Å². The van der Waals surface area contributed by atoms with Crippen LogP contribution in [0.15, 0.2) is 30.7 Å². The molecule has 4 rings (SSSR count). The summed E-state index contributed by atoms with van der Waals surface area (Å²) in [7, 11) is 0. The van der Waals surface area contributed by atoms with Crippen LogP contribution in [0.3, 0.4) is 0 Å². The minimum atomic E-state index is -0.354. The van der Waals surface area contributed by atoms with Crippen molar-refractivity contribution in [1.29, 1.82) is 0 Å². The number of pyridine rings is 1. The topological polar surface area (TPSA) is 68.5 Å². The number of aromatic nitrogens is 5. The molecule has 0 spiro atoms. The smallest absolute Gasteiger partial charge is 0.141 e. The predicted octanol–water partition coefficient (Wildman–Crippen LogP) is 3.94. The molecule has 0 aliphatic heterocycles. The second-order valence-electron chi connectivity index (χ2n) is 6.16. The van der Waals surface area contributed by atoms with Gasteiger partial charge < -0.3 is 5.32 Å². The maximum absolute atomic E-state index is 13.2. The van der Waals surface area contributed by atoms with E-state index in [1.807, 2.05) is 17.7 Å². The zero-order chi connectivity index (χ0) is 17.4. The first-order valence-corrected chi connectivity index (χ1v) is 9.12. The van der Waals surface area contributed by atoms with Crippen LogP contribution >= 0.6 is 22.6 Å². The van der Waals surface area contributed by atoms with Gasteiger partial charge in [0.2, 0.25) is 0 Å². The van der Waals surface area contributed by atoms with Gasteiger partial charge in [-0.15, -0.1) is 0 Å². The van der Waals surface area contributed by atoms with E-state index in [-0.39, 0.29) is 5.82 Å². The quantitative estimate of drug-likeness (QED) is 0.471. The predicted molar refractivity (Wildman–Crippen MR) is 101 cm³/mol. The standard InChI is InChI=1S/C17H16FIN6/c1-10-16(13-5-4-12(18)7-20-13)24-25(8-11-2-3-11)17(10)23-15-6-14(19)21-9-22-15/h4-7,9,11H,2-3,8H2,1H3,(H,21,22,23). The normalized spacial score (nSPS) is 13.9. The Hall–Kier alpha value is -2.10. The summed E-state index contributed by atoms with van der Waals surface area (Å²) in [6.07, 6.45) is 5.21. The van der Waals surface area contributed by atoms with Gasteiger partial charge in [0, 0.05) is 18.2 Å². The Morgan fingerprint density at radius 2 is 2.12 bits per heavy atom. The summed E-state index contributed by atoms with van der Waals surface area (Å²) in [4.78, 5) is 12.6. The number of nitrogens with one attached hydrogen (secondary N) is 1. The summed E-state index contributed by atoms with van der Waals surface area (Å²) >= 11 is 2.15. The van der Waals surface area contributed by atoms with E-state index in [0.717, 1.165) is 33.1 Å². The van der Waals surface area contributed by atoms with Gasteiger partial charge in [0.15, 0.2) is 0 Å². The zero-order valence-corrected chi connectivity index (χ0v) is 15.7. The van der Waals surface area contributed by atoms with E-state index in [1.165, 1.54) is 31.4 Å². The molecule has 3 heterocycles. The number of hydrogen-bond acceptors (Lipinski definition) is 5. The molecular formula is C17H16FIN6. The molecule has 1 N–H and O–H groups in total. The van der Waals surface area contributed by atoms with Crippen molar-refractivity contribution < 1.29 is 4.39 Å². The van der Waals surface area contributed by atoms with E-state index in [0.29, 0.717) is 11.6 Å². The lowest BCUT2D eigenvalue weighted by Crippen LogP contribution is -2.08. The maximum atomic E-state index is 13.2. The number of nitrogens with zero attached hydrogens (tertiary/aromatic N) is 5. The molecular weight excluding hydrogens is 434 g/mol. The fourth-order valence-electron chi connectivity index (χ4n) is 2.67. The van der Waals surface area contributed by atoms with Crippen molar-refractivity contribution in [2.75, 3.05) is 5.32 Å². The highest BCUT2D eigenvalue weighted by Gasteiger charge is 2.25. The lowest BCUT2D eigenvalue weighted by molar-refractivity contribution is 0.570. The summed E-state index contributed by atoms with van der Waals surface area (Å²) in [6, 6.07) is 4.94. The van der Waals surface area contributed by atoms with Gasteiger partial charge in [-0.1, -0.05) is 0 Å². The number of halogens is 2. The number of hydrogen-bond donors (Lipinski definition) is 1. The summed E-state index contributed by atoms with van der Waals surface area (Å²) in [6.45, 7) is 2.85. The molecule has 0 atom stereocenters. The van der Waals surface area contributed by atoms with Crippen LogP contribution in [0.4, 0.5) is 16.0 Å². The van der Waals surface area contributed by atoms with Crippen LogP contribution < -0.4 is 5.32 Å². The van der Waals surface area contributed by atoms with E-state index < -0.39 is 0 Å². The lowest BCUT2D eigenvalue weighted by Gasteiger charge is -2.10. The second-order valence-corrected chi connectivity index (χ2v) is 7.27. The summed E-state index contributed by atoms with van der Waals surface area (Å²) in [5.74, 6) is 1.92. The Morgan fingerprint density at radius 1 is 1.28 bits per heavy atom. The molecule has 1 aliphatic rings. The number of anilines is 2. The third-order valence-corrected chi connectivity index (χ3v) is 4.76. The Morgan fingerprint density at radius 3 is 2.80 bits per heavy atom. The second kappa shape index (κ2) is 6.66. The summed E-state index contributed by atoms with van der Waals surface area (Å²) in [5, 5.41) is 8.09. The first-order valence-electron chi connectivity index (χ1n) is 8.04. The maximum Gasteiger partial charge on any atom is 0.141 e. The van der Waals surface area contributed by atoms with Crippen LogP contribution in [-0.2, 0) is 6.54 Å². The van der Waals surface area contributed by atoms with E-state index in [2.05, 4.69) is 42.9 Å². The van der Waals surface area contributed by atoms with Crippen LogP contribution in [-0.4, -0.2) is 24.7 Å². The molecule has 1 fully saturated rings. The molecule has 1 saturated carbocycles. The average Bonchev–Trinajstić information content (AvgIpc) is 3.36. The van der Waals surface area contributed by atoms with Crippen LogP contribution in [0.25, 0.3) is 11.4 Å². The van der Waals surface area contributed by atoms with Crippen molar-refractivity contribution in [2.45, 2.75) is 26.3 Å². The van der Waals surface area contributed by atoms with E-state index in [1.54, 1.807) is 6.07 Å². The third-order valence-electron chi connectivity index (χ3n) is 4.17. The minimum absolute atomic E-state index is 0.354. The Labute approximate surface area is 158 Å². The van der Waals surface area contributed by atoms with Crippen LogP contribution in [0.2, 0.25) is 0 Å². The molecule has 0 radical (unpaired) electrons. The van der Waals surface area contributed by atoms with Crippen molar-refractivity contribution in [3.63, 3.8) is 0 Å². The molecule has 25 heavy (non-hydrogen) atoms. The van der Waals surface area contributed by atoms with Crippen molar-refractivity contribution in [3.05, 3.63) is 45.8 Å². The molecule has 6 nitrogen and oxygen atoms in total. The first-order chi connectivity index (χ1) is 12.1. The Balaban J connectivity index is 1.74. The largest absolute Gasteiger partial charge is 0.325 e. The number of rotatable bonds is 5. The highest BCUT2D eigenvalue weighted by Crippen LogP contribution is 2.35. The fraction of sp³-hybridized carbons (Fsp3) is 0.294. The fourth-order valence-corrected chi connectivity index (χ4v) is 3.09. The average molecular weight is 450 g/mol. The molecule has 128 valence electrons. The molecule has 0 saturated heterocycles. The molecule has 1 aliphatic carbocycles. The van der Waals surface area contributed by atoms with Gasteiger partial charge in [0.25, 0.3) is 0 Å². The first kappa shape index (κ1) is 16.4. The van der Waals surface area contributed by atoms with Gasteiger partial charge in [0.05, 0.1) is 11.9 Å². The van der Waals surface area contributed by atoms with Gasteiger partial charge in [-0.25, -0.2) is 19.0 Å². The van der Waals surface area contributed by atoms with Crippen LogP contribution in [0.5, 0.6) is 0 Å². The van der Waals surface area contributed by atoms with E-state index in [4.69, 9.17) is 5.10 Å². The molecule has 0 unspecified atom stereocenters. The highest BCUT2D eigenvalue weighted by atomic mass is 127. The minimum Gasteiger partial charge on any atom is -0.325 e. The third kappa shape index (κ3) is 3.63. The van der Waals surface area contributed by atoms with E-state index in [9.17, 15) is 4.39 Å². The molecule has 8 heteroatoms. The van der Waals surface area contributed by atoms with Crippen molar-refractivity contribution in [3.8, 4) is 11.4 Å². The van der Waals surface area contributed by atoms with Crippen molar-refractivity contribution in [2.24, 2.45) is 5.92 Å². The Bertz CT molecular complexity index is 904. The van der Waals surface area contributed by atoms with Gasteiger partial charge in [-0.3, -0.25) is 4.98 Å². The highest BCUT2D eigenvalue weighted by molar-refractivity contribution is 14.1. The summed E-state index contributed by atoms with van der Waals surface area (Å²) < 4.78 is 16.0. The molecule has 0 amide bonds. The summed E-state index contributed by atoms with van der Waals surface area (Å²) in [5.41, 5.74) is 2.38. The monoisotopic (exact) mass is 450 g/mol. The van der Waals surface area contributed by atoms with Gasteiger partial charge >= 0.3 is 0 Å². The van der Waals surface area contributed by atoms with Gasteiger partial charge in [0.1, 0.15) is 33.2 Å². The van der Waals surface area contributed by atoms with Crippen molar-refractivity contribution in [1.82, 2.24) is 24.7 Å². The molecule has 3 aromatic heterocycles. The molecule has 0 aromatic carbocycles. The Kier molecular flexibility index (Phi) is 4.36. The molecule has 0 bridgehead atoms. The van der Waals surface area contributed by atoms with Crippen LogP contribution in [0.1, 0.15) is 18.4 Å². The van der Waals surface area contributed by atoms with Crippen molar-refractivity contribution >= 4 is 34.2 Å².